The molecule has 0 saturated heterocycles. The minimum Gasteiger partial charge on any atom is -0.396 e. The van der Waals surface area contributed by atoms with E-state index in [1.807, 2.05) is 30.5 Å². The van der Waals surface area contributed by atoms with Crippen molar-refractivity contribution in [1.82, 2.24) is 9.78 Å². The summed E-state index contributed by atoms with van der Waals surface area (Å²) >= 11 is 5.91. The Hall–Kier alpha value is -1.48. The summed E-state index contributed by atoms with van der Waals surface area (Å²) in [7, 11) is 0. The molecule has 2 aromatic rings. The summed E-state index contributed by atoms with van der Waals surface area (Å²) < 4.78 is 2.05. The van der Waals surface area contributed by atoms with E-state index >= 15 is 0 Å². The zero-order valence-corrected chi connectivity index (χ0v) is 11.6. The quantitative estimate of drug-likeness (QED) is 0.888. The molecular weight excluding hydrogens is 258 g/mol. The third kappa shape index (κ3) is 2.61. The first-order valence-corrected chi connectivity index (χ1v) is 7.22. The Labute approximate surface area is 118 Å². The Morgan fingerprint density at radius 3 is 2.47 bits per heavy atom. The van der Waals surface area contributed by atoms with Gasteiger partial charge in [-0.1, -0.05) is 43.0 Å². The van der Waals surface area contributed by atoms with Crippen molar-refractivity contribution >= 4 is 17.3 Å². The molecule has 2 N–H and O–H groups in total. The van der Waals surface area contributed by atoms with Crippen molar-refractivity contribution in [1.29, 1.82) is 0 Å². The van der Waals surface area contributed by atoms with Crippen LogP contribution in [0.25, 0.3) is 11.3 Å². The van der Waals surface area contributed by atoms with E-state index in [1.165, 1.54) is 32.1 Å². The molecule has 100 valence electrons. The lowest BCUT2D eigenvalue weighted by atomic mass is 9.96. The summed E-state index contributed by atoms with van der Waals surface area (Å²) in [6.07, 6.45) is 8.32. The molecule has 0 atom stereocenters. The summed E-state index contributed by atoms with van der Waals surface area (Å²) in [6.45, 7) is 0. The molecule has 0 unspecified atom stereocenters. The van der Waals surface area contributed by atoms with Gasteiger partial charge < -0.3 is 5.73 Å². The first-order valence-electron chi connectivity index (χ1n) is 6.84. The van der Waals surface area contributed by atoms with Gasteiger partial charge in [-0.05, 0) is 25.0 Å². The van der Waals surface area contributed by atoms with E-state index in [0.29, 0.717) is 6.04 Å². The molecule has 0 bridgehead atoms. The lowest BCUT2D eigenvalue weighted by molar-refractivity contribution is 0.330. The Kier molecular flexibility index (Phi) is 3.47. The zero-order chi connectivity index (χ0) is 13.2. The van der Waals surface area contributed by atoms with Gasteiger partial charge in [-0.25, -0.2) is 0 Å². The highest BCUT2D eigenvalue weighted by Crippen LogP contribution is 2.31. The van der Waals surface area contributed by atoms with Gasteiger partial charge in [0.25, 0.3) is 0 Å². The van der Waals surface area contributed by atoms with Gasteiger partial charge in [-0.2, -0.15) is 5.10 Å². The van der Waals surface area contributed by atoms with Gasteiger partial charge in [0, 0.05) is 16.8 Å². The van der Waals surface area contributed by atoms with Crippen LogP contribution in [-0.4, -0.2) is 9.78 Å². The minimum atomic E-state index is 0.511. The lowest BCUT2D eigenvalue weighted by Crippen LogP contribution is -2.13. The summed E-state index contributed by atoms with van der Waals surface area (Å²) in [6, 6.07) is 8.18. The molecule has 4 heteroatoms. The van der Waals surface area contributed by atoms with E-state index in [9.17, 15) is 0 Å². The Morgan fingerprint density at radius 1 is 1.11 bits per heavy atom. The second-order valence-corrected chi connectivity index (χ2v) is 5.65. The van der Waals surface area contributed by atoms with Crippen LogP contribution in [0.4, 0.5) is 5.69 Å². The molecule has 0 aliphatic heterocycles. The predicted molar refractivity (Wildman–Crippen MR) is 79.2 cm³/mol. The van der Waals surface area contributed by atoms with Crippen LogP contribution >= 0.6 is 11.6 Å². The van der Waals surface area contributed by atoms with Crippen LogP contribution in [0.1, 0.15) is 38.1 Å². The first-order chi connectivity index (χ1) is 9.24. The van der Waals surface area contributed by atoms with Gasteiger partial charge in [-0.15, -0.1) is 0 Å². The topological polar surface area (TPSA) is 43.8 Å². The molecule has 1 aliphatic rings. The molecule has 19 heavy (non-hydrogen) atoms. The predicted octanol–water partition coefficient (Wildman–Crippen LogP) is 4.29. The van der Waals surface area contributed by atoms with Crippen LogP contribution in [0.5, 0.6) is 0 Å². The Morgan fingerprint density at radius 2 is 1.79 bits per heavy atom. The summed E-state index contributed by atoms with van der Waals surface area (Å²) in [4.78, 5) is 0. The number of benzene rings is 1. The third-order valence-corrected chi connectivity index (χ3v) is 4.08. The number of nitrogens with two attached hydrogens (primary N) is 1. The van der Waals surface area contributed by atoms with E-state index < -0.39 is 0 Å². The summed E-state index contributed by atoms with van der Waals surface area (Å²) in [5, 5.41) is 5.41. The van der Waals surface area contributed by atoms with E-state index in [2.05, 4.69) is 9.78 Å². The number of nitrogens with zero attached hydrogens (tertiary/aromatic N) is 2. The van der Waals surface area contributed by atoms with Crippen LogP contribution in [0, 0.1) is 0 Å². The molecule has 1 aliphatic carbocycles. The maximum Gasteiger partial charge on any atom is 0.115 e. The maximum atomic E-state index is 6.10. The Bertz CT molecular complexity index is 553. The average molecular weight is 276 g/mol. The van der Waals surface area contributed by atoms with Crippen molar-refractivity contribution in [3.8, 4) is 11.3 Å². The molecule has 1 aromatic carbocycles. The van der Waals surface area contributed by atoms with Crippen LogP contribution in [0.2, 0.25) is 5.02 Å². The number of rotatable bonds is 2. The summed E-state index contributed by atoms with van der Waals surface area (Å²) in [5.74, 6) is 0. The van der Waals surface area contributed by atoms with E-state index in [4.69, 9.17) is 17.3 Å². The van der Waals surface area contributed by atoms with Gasteiger partial charge in [0.05, 0.1) is 11.7 Å². The SMILES string of the molecule is Nc1cn(C2CCCCC2)nc1-c1ccc(Cl)cc1. The summed E-state index contributed by atoms with van der Waals surface area (Å²) in [5.41, 5.74) is 8.73. The standard InChI is InChI=1S/C15H18ClN3/c16-12-8-6-11(7-9-12)15-14(17)10-19(18-15)13-4-2-1-3-5-13/h6-10,13H,1-5,17H2. The maximum absolute atomic E-state index is 6.10. The van der Waals surface area contributed by atoms with Gasteiger partial charge >= 0.3 is 0 Å². The number of nitrogen functional groups attached to an aromatic ring is 1. The third-order valence-electron chi connectivity index (χ3n) is 3.83. The van der Waals surface area contributed by atoms with Crippen molar-refractivity contribution < 1.29 is 0 Å². The smallest absolute Gasteiger partial charge is 0.115 e. The van der Waals surface area contributed by atoms with Gasteiger partial charge in [0.15, 0.2) is 0 Å². The highest BCUT2D eigenvalue weighted by molar-refractivity contribution is 6.30. The largest absolute Gasteiger partial charge is 0.396 e. The second kappa shape index (κ2) is 5.25. The molecule has 1 saturated carbocycles. The fourth-order valence-corrected chi connectivity index (χ4v) is 2.90. The number of anilines is 1. The molecule has 0 amide bonds. The van der Waals surface area contributed by atoms with Crippen molar-refractivity contribution in [2.24, 2.45) is 0 Å². The lowest BCUT2D eigenvalue weighted by Gasteiger charge is -2.21. The average Bonchev–Trinajstić information content (AvgIpc) is 2.83. The molecule has 0 radical (unpaired) electrons. The van der Waals surface area contributed by atoms with E-state index in [1.54, 1.807) is 0 Å². The number of hydrogen-bond donors (Lipinski definition) is 1. The van der Waals surface area contributed by atoms with Gasteiger partial charge in [0.2, 0.25) is 0 Å². The molecule has 1 fully saturated rings. The van der Waals surface area contributed by atoms with Crippen LogP contribution < -0.4 is 5.73 Å². The molecule has 1 heterocycles. The monoisotopic (exact) mass is 275 g/mol. The second-order valence-electron chi connectivity index (χ2n) is 5.21. The molecule has 1 aromatic heterocycles. The normalized spacial score (nSPS) is 16.7. The zero-order valence-electron chi connectivity index (χ0n) is 10.8. The van der Waals surface area contributed by atoms with Crippen LogP contribution in [-0.2, 0) is 0 Å². The van der Waals surface area contributed by atoms with Crippen molar-refractivity contribution in [3.63, 3.8) is 0 Å². The Balaban J connectivity index is 1.90. The molecule has 3 nitrogen and oxygen atoms in total. The highest BCUT2D eigenvalue weighted by atomic mass is 35.5. The number of halogens is 1. The fraction of sp³-hybridized carbons (Fsp3) is 0.400. The fourth-order valence-electron chi connectivity index (χ4n) is 2.77. The highest BCUT2D eigenvalue weighted by Gasteiger charge is 2.18. The molecule has 0 spiro atoms. The molecule has 3 rings (SSSR count). The molecular formula is C15H18ClN3. The number of aromatic nitrogens is 2. The van der Waals surface area contributed by atoms with Crippen molar-refractivity contribution in [2.45, 2.75) is 38.1 Å². The van der Waals surface area contributed by atoms with Crippen LogP contribution in [0.3, 0.4) is 0 Å². The van der Waals surface area contributed by atoms with Gasteiger partial charge in [0.1, 0.15) is 5.69 Å². The minimum absolute atomic E-state index is 0.511. The first kappa shape index (κ1) is 12.5. The van der Waals surface area contributed by atoms with E-state index in [-0.39, 0.29) is 0 Å². The van der Waals surface area contributed by atoms with E-state index in [0.717, 1.165) is 22.0 Å². The number of hydrogen-bond acceptors (Lipinski definition) is 2. The van der Waals surface area contributed by atoms with Gasteiger partial charge in [-0.3, -0.25) is 4.68 Å². The van der Waals surface area contributed by atoms with Crippen LogP contribution in [0.15, 0.2) is 30.5 Å². The van der Waals surface area contributed by atoms with Crippen molar-refractivity contribution in [3.05, 3.63) is 35.5 Å². The van der Waals surface area contributed by atoms with Crippen molar-refractivity contribution in [2.75, 3.05) is 5.73 Å².